The topological polar surface area (TPSA) is 68.0 Å². The molecule has 0 spiro atoms. The summed E-state index contributed by atoms with van der Waals surface area (Å²) < 4.78 is 13.4. The van der Waals surface area contributed by atoms with Crippen LogP contribution in [0.1, 0.15) is 10.5 Å². The predicted molar refractivity (Wildman–Crippen MR) is 58.4 cm³/mol. The molecular formula is C11H10FN3O2. The van der Waals surface area contributed by atoms with E-state index >= 15 is 0 Å². The number of carbonyl (C=O) groups is 1. The third-order valence-electron chi connectivity index (χ3n) is 2.22. The van der Waals surface area contributed by atoms with Gasteiger partial charge in [0.2, 0.25) is 0 Å². The van der Waals surface area contributed by atoms with Crippen molar-refractivity contribution in [1.29, 1.82) is 0 Å². The SMILES string of the molecule is O=C(O)c1cc(-c2ccccn2)nn1CCF. The molecular weight excluding hydrogens is 225 g/mol. The normalized spacial score (nSPS) is 10.4. The van der Waals surface area contributed by atoms with Crippen LogP contribution in [0, 0.1) is 0 Å². The van der Waals surface area contributed by atoms with Crippen LogP contribution in [0.2, 0.25) is 0 Å². The minimum atomic E-state index is -1.13. The van der Waals surface area contributed by atoms with Gasteiger partial charge in [0, 0.05) is 12.3 Å². The molecule has 0 aromatic carbocycles. The first-order valence-corrected chi connectivity index (χ1v) is 5.01. The average Bonchev–Trinajstić information content (AvgIpc) is 2.75. The molecule has 5 nitrogen and oxygen atoms in total. The molecule has 0 atom stereocenters. The fourth-order valence-electron chi connectivity index (χ4n) is 1.48. The lowest BCUT2D eigenvalue weighted by molar-refractivity contribution is 0.0682. The molecule has 2 aromatic heterocycles. The van der Waals surface area contributed by atoms with Crippen LogP contribution in [0.25, 0.3) is 11.4 Å². The highest BCUT2D eigenvalue weighted by molar-refractivity contribution is 5.87. The number of hydrogen-bond acceptors (Lipinski definition) is 3. The molecule has 2 aromatic rings. The van der Waals surface area contributed by atoms with Crippen LogP contribution in [0.5, 0.6) is 0 Å². The molecule has 6 heteroatoms. The number of aryl methyl sites for hydroxylation is 1. The molecule has 2 rings (SSSR count). The number of hydrogen-bond donors (Lipinski definition) is 1. The molecule has 0 saturated carbocycles. The van der Waals surface area contributed by atoms with E-state index in [0.717, 1.165) is 4.68 Å². The Labute approximate surface area is 96.5 Å². The Kier molecular flexibility index (Phi) is 3.13. The van der Waals surface area contributed by atoms with Crippen LogP contribution in [-0.4, -0.2) is 32.5 Å². The van der Waals surface area contributed by atoms with Crippen molar-refractivity contribution in [3.05, 3.63) is 36.2 Å². The third-order valence-corrected chi connectivity index (χ3v) is 2.22. The molecule has 0 aliphatic heterocycles. The number of alkyl halides is 1. The summed E-state index contributed by atoms with van der Waals surface area (Å²) in [5, 5.41) is 13.0. The van der Waals surface area contributed by atoms with Crippen LogP contribution >= 0.6 is 0 Å². The summed E-state index contributed by atoms with van der Waals surface area (Å²) in [6.45, 7) is -0.738. The maximum atomic E-state index is 12.3. The summed E-state index contributed by atoms with van der Waals surface area (Å²) in [4.78, 5) is 15.0. The zero-order chi connectivity index (χ0) is 12.3. The lowest BCUT2D eigenvalue weighted by atomic mass is 10.2. The van der Waals surface area contributed by atoms with Crippen LogP contribution in [-0.2, 0) is 6.54 Å². The Balaban J connectivity index is 2.44. The number of pyridine rings is 1. The molecule has 0 aliphatic carbocycles. The van der Waals surface area contributed by atoms with Gasteiger partial charge >= 0.3 is 5.97 Å². The van der Waals surface area contributed by atoms with E-state index in [9.17, 15) is 9.18 Å². The van der Waals surface area contributed by atoms with Crippen molar-refractivity contribution in [3.8, 4) is 11.4 Å². The summed E-state index contributed by atoms with van der Waals surface area (Å²) in [7, 11) is 0. The van der Waals surface area contributed by atoms with Gasteiger partial charge in [-0.25, -0.2) is 9.18 Å². The minimum absolute atomic E-state index is 0.0386. The fraction of sp³-hybridized carbons (Fsp3) is 0.182. The monoisotopic (exact) mass is 235 g/mol. The second-order valence-corrected chi connectivity index (χ2v) is 3.35. The van der Waals surface area contributed by atoms with Crippen molar-refractivity contribution < 1.29 is 14.3 Å². The van der Waals surface area contributed by atoms with Crippen LogP contribution < -0.4 is 0 Å². The average molecular weight is 235 g/mol. The van der Waals surface area contributed by atoms with Gasteiger partial charge in [-0.1, -0.05) is 6.07 Å². The van der Waals surface area contributed by atoms with Gasteiger partial charge in [0.1, 0.15) is 18.1 Å². The Morgan fingerprint density at radius 2 is 2.24 bits per heavy atom. The van der Waals surface area contributed by atoms with Crippen molar-refractivity contribution in [2.45, 2.75) is 6.54 Å². The lowest BCUT2D eigenvalue weighted by Crippen LogP contribution is -2.10. The zero-order valence-electron chi connectivity index (χ0n) is 8.88. The van der Waals surface area contributed by atoms with Crippen molar-refractivity contribution in [2.24, 2.45) is 0 Å². The summed E-state index contributed by atoms with van der Waals surface area (Å²) in [5.74, 6) is -1.13. The molecule has 2 heterocycles. The molecule has 1 N–H and O–H groups in total. The molecule has 0 radical (unpaired) electrons. The van der Waals surface area contributed by atoms with Gasteiger partial charge in [0.05, 0.1) is 12.2 Å². The summed E-state index contributed by atoms with van der Waals surface area (Å²) in [6, 6.07) is 6.63. The Bertz CT molecular complexity index is 525. The van der Waals surface area contributed by atoms with E-state index in [4.69, 9.17) is 5.11 Å². The predicted octanol–water partition coefficient (Wildman–Crippen LogP) is 1.61. The summed E-state index contributed by atoms with van der Waals surface area (Å²) in [6.07, 6.45) is 1.59. The van der Waals surface area contributed by atoms with E-state index in [1.165, 1.54) is 6.07 Å². The van der Waals surface area contributed by atoms with Crippen LogP contribution in [0.4, 0.5) is 4.39 Å². The van der Waals surface area contributed by atoms with Gasteiger partial charge in [-0.3, -0.25) is 9.67 Å². The largest absolute Gasteiger partial charge is 0.477 e. The summed E-state index contributed by atoms with van der Waals surface area (Å²) >= 11 is 0. The second-order valence-electron chi connectivity index (χ2n) is 3.35. The number of carboxylic acid groups (broad SMARTS) is 1. The quantitative estimate of drug-likeness (QED) is 0.874. The second kappa shape index (κ2) is 4.73. The Morgan fingerprint density at radius 3 is 2.82 bits per heavy atom. The van der Waals surface area contributed by atoms with Gasteiger partial charge in [0.15, 0.2) is 0 Å². The number of aromatic nitrogens is 3. The highest BCUT2D eigenvalue weighted by atomic mass is 19.1. The first-order chi connectivity index (χ1) is 8.22. The Hall–Kier alpha value is -2.24. The van der Waals surface area contributed by atoms with Gasteiger partial charge < -0.3 is 5.11 Å². The van der Waals surface area contributed by atoms with Gasteiger partial charge in [0.25, 0.3) is 0 Å². The Morgan fingerprint density at radius 1 is 1.41 bits per heavy atom. The standard InChI is InChI=1S/C11H10FN3O2/c12-4-6-15-10(11(16)17)7-9(14-15)8-3-1-2-5-13-8/h1-3,5,7H,4,6H2,(H,16,17). The van der Waals surface area contributed by atoms with Gasteiger partial charge in [-0.05, 0) is 12.1 Å². The first-order valence-electron chi connectivity index (χ1n) is 5.01. The number of nitrogens with zero attached hydrogens (tertiary/aromatic N) is 3. The minimum Gasteiger partial charge on any atom is -0.477 e. The maximum absolute atomic E-state index is 12.3. The molecule has 0 aliphatic rings. The van der Waals surface area contributed by atoms with Crippen LogP contribution in [0.3, 0.4) is 0 Å². The molecule has 0 amide bonds. The molecule has 0 unspecified atom stereocenters. The first kappa shape index (κ1) is 11.3. The smallest absolute Gasteiger partial charge is 0.354 e. The van der Waals surface area contributed by atoms with Gasteiger partial charge in [-0.2, -0.15) is 5.10 Å². The van der Waals surface area contributed by atoms with Gasteiger partial charge in [-0.15, -0.1) is 0 Å². The van der Waals surface area contributed by atoms with Crippen molar-refractivity contribution in [1.82, 2.24) is 14.8 Å². The molecule has 17 heavy (non-hydrogen) atoms. The number of aromatic carboxylic acids is 1. The molecule has 0 saturated heterocycles. The van der Waals surface area contributed by atoms with Crippen molar-refractivity contribution in [2.75, 3.05) is 6.67 Å². The van der Waals surface area contributed by atoms with E-state index in [0.29, 0.717) is 11.4 Å². The molecule has 88 valence electrons. The number of rotatable bonds is 4. The number of carboxylic acids is 1. The fourth-order valence-corrected chi connectivity index (χ4v) is 1.48. The number of halogens is 1. The van der Waals surface area contributed by atoms with Crippen molar-refractivity contribution in [3.63, 3.8) is 0 Å². The lowest BCUT2D eigenvalue weighted by Gasteiger charge is -1.99. The van der Waals surface area contributed by atoms with E-state index in [2.05, 4.69) is 10.1 Å². The highest BCUT2D eigenvalue weighted by Crippen LogP contribution is 2.16. The molecule has 0 fully saturated rings. The third kappa shape index (κ3) is 2.30. The van der Waals surface area contributed by atoms with E-state index in [1.54, 1.807) is 24.4 Å². The summed E-state index contributed by atoms with van der Waals surface area (Å²) in [5.41, 5.74) is 0.951. The van der Waals surface area contributed by atoms with Crippen molar-refractivity contribution >= 4 is 5.97 Å². The maximum Gasteiger partial charge on any atom is 0.354 e. The zero-order valence-corrected chi connectivity index (χ0v) is 8.88. The van der Waals surface area contributed by atoms with Crippen LogP contribution in [0.15, 0.2) is 30.5 Å². The van der Waals surface area contributed by atoms with E-state index in [-0.39, 0.29) is 12.2 Å². The van der Waals surface area contributed by atoms with E-state index < -0.39 is 12.6 Å². The molecule has 0 bridgehead atoms. The van der Waals surface area contributed by atoms with E-state index in [1.807, 2.05) is 0 Å². The highest BCUT2D eigenvalue weighted by Gasteiger charge is 2.15.